The summed E-state index contributed by atoms with van der Waals surface area (Å²) in [6, 6.07) is 60.2. The maximum atomic E-state index is 2.48. The van der Waals surface area contributed by atoms with E-state index in [1.165, 1.54) is 91.5 Å². The highest BCUT2D eigenvalue weighted by Gasteiger charge is 2.18. The monoisotopic (exact) mass is 601 g/mol. The van der Waals surface area contributed by atoms with E-state index in [1.807, 2.05) is 11.3 Å². The van der Waals surface area contributed by atoms with Crippen molar-refractivity contribution in [1.29, 1.82) is 0 Å². The molecule has 0 unspecified atom stereocenters. The first-order chi connectivity index (χ1) is 22.8. The topological polar surface area (TPSA) is 4.93 Å². The molecule has 10 rings (SSSR count). The lowest BCUT2D eigenvalue weighted by atomic mass is 9.99. The summed E-state index contributed by atoms with van der Waals surface area (Å²) in [4.78, 5) is 0. The lowest BCUT2D eigenvalue weighted by Gasteiger charge is -2.12. The summed E-state index contributed by atoms with van der Waals surface area (Å²) in [5.74, 6) is 0. The molecule has 0 radical (unpaired) electrons. The molecule has 8 aromatic carbocycles. The molecule has 1 nitrogen and oxygen atoms in total. The van der Waals surface area contributed by atoms with Gasteiger partial charge in [-0.05, 0) is 69.4 Å². The number of hydrogen-bond acceptors (Lipinski definition) is 1. The molecule has 0 bridgehead atoms. The van der Waals surface area contributed by atoms with Crippen LogP contribution in [0.4, 0.5) is 0 Å². The molecule has 0 aliphatic carbocycles. The lowest BCUT2D eigenvalue weighted by Crippen LogP contribution is -1.94. The van der Waals surface area contributed by atoms with Gasteiger partial charge < -0.3 is 4.57 Å². The van der Waals surface area contributed by atoms with Gasteiger partial charge in [0.25, 0.3) is 0 Å². The summed E-state index contributed by atoms with van der Waals surface area (Å²) in [5, 5.41) is 10.3. The Morgan fingerprint density at radius 2 is 0.978 bits per heavy atom. The van der Waals surface area contributed by atoms with Crippen molar-refractivity contribution in [2.75, 3.05) is 0 Å². The first-order valence-corrected chi connectivity index (χ1v) is 16.6. The van der Waals surface area contributed by atoms with E-state index in [9.17, 15) is 0 Å². The molecule has 0 aliphatic heterocycles. The van der Waals surface area contributed by atoms with Crippen LogP contribution in [-0.2, 0) is 0 Å². The molecule has 0 N–H and O–H groups in total. The quantitative estimate of drug-likeness (QED) is 0.190. The van der Waals surface area contributed by atoms with Gasteiger partial charge in [-0.2, -0.15) is 0 Å². The fourth-order valence-electron chi connectivity index (χ4n) is 7.35. The van der Waals surface area contributed by atoms with Gasteiger partial charge in [0, 0.05) is 47.4 Å². The van der Waals surface area contributed by atoms with Gasteiger partial charge in [-0.1, -0.05) is 127 Å². The number of thiophene rings is 1. The zero-order valence-electron chi connectivity index (χ0n) is 24.9. The number of nitrogens with zero attached hydrogens (tertiary/aromatic N) is 1. The highest BCUT2D eigenvalue weighted by Crippen LogP contribution is 2.44. The Morgan fingerprint density at radius 3 is 1.83 bits per heavy atom. The molecular formula is C44H27NS. The van der Waals surface area contributed by atoms with E-state index in [4.69, 9.17) is 0 Å². The Labute approximate surface area is 270 Å². The van der Waals surface area contributed by atoms with Crippen molar-refractivity contribution >= 4 is 74.9 Å². The zero-order chi connectivity index (χ0) is 30.2. The van der Waals surface area contributed by atoms with E-state index in [-0.39, 0.29) is 0 Å². The summed E-state index contributed by atoms with van der Waals surface area (Å²) in [5.41, 5.74) is 8.57. The Bertz CT molecular complexity index is 2780. The normalized spacial score (nSPS) is 11.9. The highest BCUT2D eigenvalue weighted by atomic mass is 32.1. The fraction of sp³-hybridized carbons (Fsp3) is 0. The molecular weight excluding hydrogens is 575 g/mol. The van der Waals surface area contributed by atoms with Gasteiger partial charge in [0.05, 0.1) is 11.0 Å². The molecule has 0 amide bonds. The van der Waals surface area contributed by atoms with Gasteiger partial charge in [0.2, 0.25) is 0 Å². The van der Waals surface area contributed by atoms with Crippen LogP contribution in [0.2, 0.25) is 0 Å². The van der Waals surface area contributed by atoms with Gasteiger partial charge in [-0.3, -0.25) is 0 Å². The van der Waals surface area contributed by atoms with Gasteiger partial charge in [0.15, 0.2) is 0 Å². The average molecular weight is 602 g/mol. The smallest absolute Gasteiger partial charge is 0.0619 e. The molecule has 2 aromatic heterocycles. The van der Waals surface area contributed by atoms with Gasteiger partial charge >= 0.3 is 0 Å². The van der Waals surface area contributed by atoms with Crippen LogP contribution in [0.3, 0.4) is 0 Å². The lowest BCUT2D eigenvalue weighted by molar-refractivity contribution is 1.19. The molecule has 0 atom stereocenters. The minimum absolute atomic E-state index is 1.17. The predicted molar refractivity (Wildman–Crippen MR) is 200 cm³/mol. The number of fused-ring (bicyclic) bond motifs is 10. The van der Waals surface area contributed by atoms with E-state index in [1.54, 1.807) is 0 Å². The largest absolute Gasteiger partial charge is 0.309 e. The Morgan fingerprint density at radius 1 is 0.370 bits per heavy atom. The molecule has 46 heavy (non-hydrogen) atoms. The maximum Gasteiger partial charge on any atom is 0.0619 e. The number of rotatable bonds is 3. The third kappa shape index (κ3) is 3.81. The Hall–Kier alpha value is -5.70. The summed E-state index contributed by atoms with van der Waals surface area (Å²) in [6.07, 6.45) is 0. The van der Waals surface area contributed by atoms with Crippen molar-refractivity contribution in [3.63, 3.8) is 0 Å². The standard InChI is InChI=1S/C44H27NS/c1-2-8-28(9-3-1)30-16-19-34(20-17-30)45-41-25-18-33(32-15-14-29-10-4-5-11-31(29)26-32)27-40(41)37-22-24-39-36(43(37)45)21-23-38-35-12-6-7-13-42(35)46-44(38)39/h1-27H. The van der Waals surface area contributed by atoms with E-state index in [0.29, 0.717) is 0 Å². The van der Waals surface area contributed by atoms with Gasteiger partial charge in [-0.15, -0.1) is 11.3 Å². The molecule has 2 heteroatoms. The van der Waals surface area contributed by atoms with Gasteiger partial charge in [-0.25, -0.2) is 0 Å². The van der Waals surface area contributed by atoms with Crippen molar-refractivity contribution in [3.8, 4) is 27.9 Å². The van der Waals surface area contributed by atoms with Crippen molar-refractivity contribution in [2.24, 2.45) is 0 Å². The second kappa shape index (κ2) is 9.90. The molecule has 0 aliphatic rings. The molecule has 0 spiro atoms. The van der Waals surface area contributed by atoms with Crippen molar-refractivity contribution in [1.82, 2.24) is 4.57 Å². The van der Waals surface area contributed by atoms with Crippen LogP contribution < -0.4 is 0 Å². The van der Waals surface area contributed by atoms with E-state index >= 15 is 0 Å². The second-order valence-electron chi connectivity index (χ2n) is 12.1. The van der Waals surface area contributed by atoms with Crippen LogP contribution >= 0.6 is 11.3 Å². The van der Waals surface area contributed by atoms with Gasteiger partial charge in [0.1, 0.15) is 0 Å². The molecule has 0 saturated heterocycles. The first-order valence-electron chi connectivity index (χ1n) is 15.8. The van der Waals surface area contributed by atoms with Crippen LogP contribution in [0.1, 0.15) is 0 Å². The summed E-state index contributed by atoms with van der Waals surface area (Å²) < 4.78 is 5.17. The van der Waals surface area contributed by atoms with Crippen LogP contribution in [0.15, 0.2) is 164 Å². The van der Waals surface area contributed by atoms with Crippen molar-refractivity contribution < 1.29 is 0 Å². The minimum Gasteiger partial charge on any atom is -0.309 e. The molecule has 0 saturated carbocycles. The second-order valence-corrected chi connectivity index (χ2v) is 13.2. The van der Waals surface area contributed by atoms with Crippen LogP contribution in [0.5, 0.6) is 0 Å². The number of aromatic nitrogens is 1. The third-order valence-corrected chi connectivity index (χ3v) is 10.8. The Kier molecular flexibility index (Phi) is 5.51. The number of benzene rings is 8. The van der Waals surface area contributed by atoms with Crippen LogP contribution in [-0.4, -0.2) is 4.57 Å². The maximum absolute atomic E-state index is 2.48. The van der Waals surface area contributed by atoms with Crippen LogP contribution in [0.25, 0.3) is 91.5 Å². The predicted octanol–water partition coefficient (Wildman–Crippen LogP) is 12.8. The molecule has 10 aromatic rings. The zero-order valence-corrected chi connectivity index (χ0v) is 25.8. The first kappa shape index (κ1) is 25.6. The van der Waals surface area contributed by atoms with Crippen molar-refractivity contribution in [3.05, 3.63) is 164 Å². The molecule has 2 heterocycles. The summed E-state index contributed by atoms with van der Waals surface area (Å²) in [6.45, 7) is 0. The minimum atomic E-state index is 1.17. The fourth-order valence-corrected chi connectivity index (χ4v) is 8.58. The number of hydrogen-bond donors (Lipinski definition) is 0. The molecule has 0 fully saturated rings. The van der Waals surface area contributed by atoms with E-state index in [0.717, 1.165) is 0 Å². The Balaban J connectivity index is 1.26. The summed E-state index contributed by atoms with van der Waals surface area (Å²) >= 11 is 1.90. The highest BCUT2D eigenvalue weighted by molar-refractivity contribution is 7.26. The summed E-state index contributed by atoms with van der Waals surface area (Å²) in [7, 11) is 0. The van der Waals surface area contributed by atoms with E-state index in [2.05, 4.69) is 168 Å². The average Bonchev–Trinajstić information content (AvgIpc) is 3.68. The van der Waals surface area contributed by atoms with Crippen molar-refractivity contribution in [2.45, 2.75) is 0 Å². The van der Waals surface area contributed by atoms with Crippen LogP contribution in [0, 0.1) is 0 Å². The SMILES string of the molecule is c1ccc(-c2ccc(-n3c4ccc(-c5ccc6ccccc6c5)cc4c4ccc5c(ccc6c7ccccc7sc65)c43)cc2)cc1. The van der Waals surface area contributed by atoms with E-state index < -0.39 is 0 Å². The third-order valence-electron chi connectivity index (χ3n) is 9.58. The molecule has 214 valence electrons.